The fourth-order valence-corrected chi connectivity index (χ4v) is 2.52. The second-order valence-corrected chi connectivity index (χ2v) is 5.14. The van der Waals surface area contributed by atoms with Crippen molar-refractivity contribution >= 4 is 5.78 Å². The maximum absolute atomic E-state index is 12.4. The van der Waals surface area contributed by atoms with Gasteiger partial charge in [0.05, 0.1) is 19.3 Å². The van der Waals surface area contributed by atoms with Gasteiger partial charge in [0.25, 0.3) is 0 Å². The van der Waals surface area contributed by atoms with Crippen molar-refractivity contribution in [3.8, 4) is 11.5 Å². The van der Waals surface area contributed by atoms with Gasteiger partial charge in [0.15, 0.2) is 17.3 Å². The summed E-state index contributed by atoms with van der Waals surface area (Å²) in [5.74, 6) is 1.42. The Labute approximate surface area is 126 Å². The van der Waals surface area contributed by atoms with E-state index in [4.69, 9.17) is 14.2 Å². The molecule has 116 valence electrons. The Morgan fingerprint density at radius 1 is 1.19 bits per heavy atom. The predicted octanol–water partition coefficient (Wildman–Crippen LogP) is 3.63. The molecule has 2 rings (SSSR count). The summed E-state index contributed by atoms with van der Waals surface area (Å²) in [4.78, 5) is 12.4. The second kappa shape index (κ2) is 8.03. The van der Waals surface area contributed by atoms with Crippen molar-refractivity contribution in [3.05, 3.63) is 23.8 Å². The van der Waals surface area contributed by atoms with E-state index in [1.165, 1.54) is 0 Å². The standard InChI is InChI=1S/C17H24O4/c1-3-19-16-9-8-13(11-17(16)20-4-2)15(18)12-14-7-5-6-10-21-14/h8-9,11,14H,3-7,10,12H2,1-2H3. The molecule has 1 heterocycles. The molecule has 4 nitrogen and oxygen atoms in total. The highest BCUT2D eigenvalue weighted by atomic mass is 16.5. The van der Waals surface area contributed by atoms with Gasteiger partial charge in [-0.3, -0.25) is 4.79 Å². The van der Waals surface area contributed by atoms with E-state index in [1.54, 1.807) is 12.1 Å². The zero-order valence-corrected chi connectivity index (χ0v) is 12.9. The molecule has 1 saturated heterocycles. The fraction of sp³-hybridized carbons (Fsp3) is 0.588. The van der Waals surface area contributed by atoms with Crippen molar-refractivity contribution < 1.29 is 19.0 Å². The van der Waals surface area contributed by atoms with Gasteiger partial charge in [-0.25, -0.2) is 0 Å². The minimum atomic E-state index is 0.0633. The molecule has 1 aliphatic rings. The first-order chi connectivity index (χ1) is 10.2. The van der Waals surface area contributed by atoms with Gasteiger partial charge in [-0.15, -0.1) is 0 Å². The molecule has 0 bridgehead atoms. The quantitative estimate of drug-likeness (QED) is 0.720. The van der Waals surface area contributed by atoms with Gasteiger partial charge in [0.2, 0.25) is 0 Å². The van der Waals surface area contributed by atoms with Crippen LogP contribution in [0.15, 0.2) is 18.2 Å². The monoisotopic (exact) mass is 292 g/mol. The zero-order valence-electron chi connectivity index (χ0n) is 12.9. The van der Waals surface area contributed by atoms with Crippen LogP contribution >= 0.6 is 0 Å². The summed E-state index contributed by atoms with van der Waals surface area (Å²) in [6.07, 6.45) is 3.72. The average Bonchev–Trinajstić information content (AvgIpc) is 2.50. The molecule has 0 aromatic heterocycles. The molecule has 21 heavy (non-hydrogen) atoms. The van der Waals surface area contributed by atoms with Crippen LogP contribution in [0.3, 0.4) is 0 Å². The van der Waals surface area contributed by atoms with Gasteiger partial charge in [-0.2, -0.15) is 0 Å². The number of Topliss-reactive ketones (excluding diaryl/α,β-unsaturated/α-hetero) is 1. The summed E-state index contributed by atoms with van der Waals surface area (Å²) < 4.78 is 16.7. The molecule has 1 fully saturated rings. The highest BCUT2D eigenvalue weighted by Gasteiger charge is 2.19. The van der Waals surface area contributed by atoms with E-state index in [9.17, 15) is 4.79 Å². The van der Waals surface area contributed by atoms with Crippen molar-refractivity contribution in [2.24, 2.45) is 0 Å². The number of benzene rings is 1. The van der Waals surface area contributed by atoms with E-state index in [-0.39, 0.29) is 11.9 Å². The van der Waals surface area contributed by atoms with Crippen LogP contribution in [-0.4, -0.2) is 31.7 Å². The van der Waals surface area contributed by atoms with Gasteiger partial charge < -0.3 is 14.2 Å². The van der Waals surface area contributed by atoms with Crippen molar-refractivity contribution in [1.29, 1.82) is 0 Å². The van der Waals surface area contributed by atoms with Gasteiger partial charge >= 0.3 is 0 Å². The number of hydrogen-bond acceptors (Lipinski definition) is 4. The highest BCUT2D eigenvalue weighted by Crippen LogP contribution is 2.29. The third kappa shape index (κ3) is 4.46. The summed E-state index contributed by atoms with van der Waals surface area (Å²) in [5, 5.41) is 0. The number of hydrogen-bond donors (Lipinski definition) is 0. The molecule has 0 amide bonds. The van der Waals surface area contributed by atoms with Gasteiger partial charge in [0, 0.05) is 18.6 Å². The van der Waals surface area contributed by atoms with Crippen molar-refractivity contribution in [2.75, 3.05) is 19.8 Å². The van der Waals surface area contributed by atoms with Crippen LogP contribution in [-0.2, 0) is 4.74 Å². The van der Waals surface area contributed by atoms with Crippen LogP contribution in [0, 0.1) is 0 Å². The van der Waals surface area contributed by atoms with E-state index in [2.05, 4.69) is 0 Å². The Kier molecular flexibility index (Phi) is 6.05. The molecule has 1 unspecified atom stereocenters. The topological polar surface area (TPSA) is 44.8 Å². The summed E-state index contributed by atoms with van der Waals surface area (Å²) in [6, 6.07) is 5.39. The number of ether oxygens (including phenoxy) is 3. The summed E-state index contributed by atoms with van der Waals surface area (Å²) in [5.41, 5.74) is 0.663. The first kappa shape index (κ1) is 15.8. The van der Waals surface area contributed by atoms with Crippen LogP contribution in [0.2, 0.25) is 0 Å². The Morgan fingerprint density at radius 2 is 1.95 bits per heavy atom. The third-order valence-corrected chi connectivity index (χ3v) is 3.55. The van der Waals surface area contributed by atoms with Crippen molar-refractivity contribution in [3.63, 3.8) is 0 Å². The lowest BCUT2D eigenvalue weighted by Crippen LogP contribution is -2.22. The zero-order chi connectivity index (χ0) is 15.1. The first-order valence-electron chi connectivity index (χ1n) is 7.79. The Morgan fingerprint density at radius 3 is 2.62 bits per heavy atom. The van der Waals surface area contributed by atoms with E-state index in [0.717, 1.165) is 25.9 Å². The van der Waals surface area contributed by atoms with Crippen LogP contribution in [0.5, 0.6) is 11.5 Å². The molecule has 4 heteroatoms. The molecule has 1 aromatic rings. The molecule has 1 aliphatic heterocycles. The van der Waals surface area contributed by atoms with Crippen molar-refractivity contribution in [1.82, 2.24) is 0 Å². The summed E-state index contributed by atoms with van der Waals surface area (Å²) >= 11 is 0. The molecular weight excluding hydrogens is 268 g/mol. The Balaban J connectivity index is 2.07. The molecular formula is C17H24O4. The largest absolute Gasteiger partial charge is 0.490 e. The lowest BCUT2D eigenvalue weighted by molar-refractivity contribution is 0.0129. The van der Waals surface area contributed by atoms with E-state index in [0.29, 0.717) is 36.7 Å². The highest BCUT2D eigenvalue weighted by molar-refractivity contribution is 5.97. The minimum absolute atomic E-state index is 0.0633. The van der Waals surface area contributed by atoms with Gasteiger partial charge in [0.1, 0.15) is 0 Å². The lowest BCUT2D eigenvalue weighted by Gasteiger charge is -2.22. The van der Waals surface area contributed by atoms with Crippen LogP contribution in [0.4, 0.5) is 0 Å². The molecule has 0 spiro atoms. The summed E-state index contributed by atoms with van der Waals surface area (Å²) in [6.45, 7) is 5.73. The maximum Gasteiger partial charge on any atom is 0.165 e. The lowest BCUT2D eigenvalue weighted by atomic mass is 10.00. The Bertz CT molecular complexity index is 464. The number of carbonyl (C=O) groups excluding carboxylic acids is 1. The summed E-state index contributed by atoms with van der Waals surface area (Å²) in [7, 11) is 0. The smallest absolute Gasteiger partial charge is 0.165 e. The van der Waals surface area contributed by atoms with E-state index >= 15 is 0 Å². The SMILES string of the molecule is CCOc1ccc(C(=O)CC2CCCCO2)cc1OCC. The third-order valence-electron chi connectivity index (χ3n) is 3.55. The van der Waals surface area contributed by atoms with Gasteiger partial charge in [-0.05, 0) is 51.3 Å². The predicted molar refractivity (Wildman–Crippen MR) is 81.3 cm³/mol. The van der Waals surface area contributed by atoms with Crippen LogP contribution in [0.25, 0.3) is 0 Å². The second-order valence-electron chi connectivity index (χ2n) is 5.14. The normalized spacial score (nSPS) is 18.3. The maximum atomic E-state index is 12.4. The molecule has 0 N–H and O–H groups in total. The molecule has 0 saturated carbocycles. The van der Waals surface area contributed by atoms with Crippen LogP contribution in [0.1, 0.15) is 49.9 Å². The van der Waals surface area contributed by atoms with Crippen molar-refractivity contribution in [2.45, 2.75) is 45.6 Å². The number of ketones is 1. The van der Waals surface area contributed by atoms with E-state index < -0.39 is 0 Å². The molecule has 0 radical (unpaired) electrons. The first-order valence-corrected chi connectivity index (χ1v) is 7.79. The number of rotatable bonds is 7. The molecule has 1 atom stereocenters. The fourth-order valence-electron chi connectivity index (χ4n) is 2.52. The average molecular weight is 292 g/mol. The molecule has 1 aromatic carbocycles. The van der Waals surface area contributed by atoms with Gasteiger partial charge in [-0.1, -0.05) is 0 Å². The molecule has 0 aliphatic carbocycles. The minimum Gasteiger partial charge on any atom is -0.490 e. The van der Waals surface area contributed by atoms with Crippen LogP contribution < -0.4 is 9.47 Å². The Hall–Kier alpha value is -1.55. The van der Waals surface area contributed by atoms with E-state index in [1.807, 2.05) is 19.9 Å². The number of carbonyl (C=O) groups is 1.